The maximum atomic E-state index is 10.4. The number of carboxylic acids is 1. The summed E-state index contributed by atoms with van der Waals surface area (Å²) < 4.78 is 0. The Kier molecular flexibility index (Phi) is 18.4. The molecule has 0 spiro atoms. The molecule has 0 aromatic heterocycles. The quantitative estimate of drug-likeness (QED) is 0.208. The number of hydrogen-bond donors (Lipinski definition) is 2. The van der Waals surface area contributed by atoms with Crippen LogP contribution in [0.15, 0.2) is 24.3 Å². The van der Waals surface area contributed by atoms with Gasteiger partial charge >= 0.3 is 5.97 Å². The number of carbonyl (C=O) groups is 1. The molecule has 0 saturated heterocycles. The molecule has 0 unspecified atom stereocenters. The molecule has 0 bridgehead atoms. The lowest BCUT2D eigenvalue weighted by Gasteiger charge is -2.03. The summed E-state index contributed by atoms with van der Waals surface area (Å²) >= 11 is 0. The first-order valence-corrected chi connectivity index (χ1v) is 10.3. The monoisotopic (exact) mass is 352 g/mol. The first-order valence-electron chi connectivity index (χ1n) is 10.3. The predicted molar refractivity (Wildman–Crippen MR) is 107 cm³/mol. The Morgan fingerprint density at radius 1 is 0.720 bits per heavy atom. The van der Waals surface area contributed by atoms with E-state index in [1.54, 1.807) is 0 Å². The largest absolute Gasteiger partial charge is 0.481 e. The van der Waals surface area contributed by atoms with Crippen LogP contribution in [0.5, 0.6) is 0 Å². The molecule has 25 heavy (non-hydrogen) atoms. The van der Waals surface area contributed by atoms with Crippen LogP contribution in [0, 0.1) is 0 Å². The Labute approximate surface area is 155 Å². The molecule has 0 fully saturated rings. The standard InChI is InChI=1S/C22H40O3/c1-21(18-14-10-6-4-8-12-16-20-23)17-13-9-5-2-3-7-11-15-19-22(24)25/h9,13,23H,1-8,10-12,14-20H2,(H,24,25). The number of aliphatic carboxylic acids is 1. The van der Waals surface area contributed by atoms with Crippen LogP contribution in [0.4, 0.5) is 0 Å². The van der Waals surface area contributed by atoms with Crippen molar-refractivity contribution in [2.45, 2.75) is 103 Å². The summed E-state index contributed by atoms with van der Waals surface area (Å²) in [6.07, 6.45) is 22.0. The molecule has 0 aromatic rings. The summed E-state index contributed by atoms with van der Waals surface area (Å²) in [4.78, 5) is 10.4. The first-order chi connectivity index (χ1) is 12.2. The molecule has 0 aliphatic heterocycles. The zero-order valence-corrected chi connectivity index (χ0v) is 16.2. The van der Waals surface area contributed by atoms with Crippen molar-refractivity contribution in [3.05, 3.63) is 24.3 Å². The summed E-state index contributed by atoms with van der Waals surface area (Å²) in [7, 11) is 0. The lowest BCUT2D eigenvalue weighted by atomic mass is 10.0. The van der Waals surface area contributed by atoms with E-state index in [4.69, 9.17) is 10.2 Å². The smallest absolute Gasteiger partial charge is 0.303 e. The van der Waals surface area contributed by atoms with Crippen LogP contribution >= 0.6 is 0 Å². The second-order valence-corrected chi connectivity index (χ2v) is 7.07. The maximum Gasteiger partial charge on any atom is 0.303 e. The highest BCUT2D eigenvalue weighted by Gasteiger charge is 1.96. The van der Waals surface area contributed by atoms with Crippen molar-refractivity contribution in [3.63, 3.8) is 0 Å². The van der Waals surface area contributed by atoms with E-state index in [0.29, 0.717) is 13.0 Å². The summed E-state index contributed by atoms with van der Waals surface area (Å²) in [5, 5.41) is 17.3. The second kappa shape index (κ2) is 19.2. The number of rotatable bonds is 19. The Morgan fingerprint density at radius 3 is 1.84 bits per heavy atom. The SMILES string of the molecule is C=C(CC=CCCCCCCCC(=O)O)CCCCCCCCCO. The third-order valence-electron chi connectivity index (χ3n) is 4.52. The van der Waals surface area contributed by atoms with Gasteiger partial charge in [-0.3, -0.25) is 4.79 Å². The first kappa shape index (κ1) is 23.9. The molecule has 3 heteroatoms. The minimum atomic E-state index is -0.679. The van der Waals surface area contributed by atoms with Crippen LogP contribution in [0.25, 0.3) is 0 Å². The van der Waals surface area contributed by atoms with Crippen molar-refractivity contribution in [1.82, 2.24) is 0 Å². The molecule has 0 saturated carbocycles. The van der Waals surface area contributed by atoms with Crippen molar-refractivity contribution < 1.29 is 15.0 Å². The van der Waals surface area contributed by atoms with Crippen LogP contribution in [-0.4, -0.2) is 22.8 Å². The highest BCUT2D eigenvalue weighted by molar-refractivity contribution is 5.66. The Hall–Kier alpha value is -1.09. The highest BCUT2D eigenvalue weighted by atomic mass is 16.4. The fourth-order valence-corrected chi connectivity index (χ4v) is 2.91. The summed E-state index contributed by atoms with van der Waals surface area (Å²) in [5.74, 6) is -0.679. The van der Waals surface area contributed by atoms with E-state index in [1.165, 1.54) is 50.5 Å². The summed E-state index contributed by atoms with van der Waals surface area (Å²) in [5.41, 5.74) is 1.34. The molecular weight excluding hydrogens is 312 g/mol. The van der Waals surface area contributed by atoms with Gasteiger partial charge in [-0.15, -0.1) is 0 Å². The van der Waals surface area contributed by atoms with Gasteiger partial charge in [0.25, 0.3) is 0 Å². The van der Waals surface area contributed by atoms with Crippen molar-refractivity contribution in [2.75, 3.05) is 6.61 Å². The number of unbranched alkanes of at least 4 members (excludes halogenated alkanes) is 11. The molecule has 0 aliphatic carbocycles. The molecular formula is C22H40O3. The maximum absolute atomic E-state index is 10.4. The van der Waals surface area contributed by atoms with E-state index in [2.05, 4.69) is 18.7 Å². The van der Waals surface area contributed by atoms with Crippen molar-refractivity contribution >= 4 is 5.97 Å². The van der Waals surface area contributed by atoms with Gasteiger partial charge < -0.3 is 10.2 Å². The van der Waals surface area contributed by atoms with Crippen molar-refractivity contribution in [1.29, 1.82) is 0 Å². The van der Waals surface area contributed by atoms with E-state index in [9.17, 15) is 4.79 Å². The summed E-state index contributed by atoms with van der Waals surface area (Å²) in [6.45, 7) is 4.50. The van der Waals surface area contributed by atoms with Gasteiger partial charge in [-0.25, -0.2) is 0 Å². The van der Waals surface area contributed by atoms with Gasteiger partial charge in [0.1, 0.15) is 0 Å². The zero-order chi connectivity index (χ0) is 18.6. The van der Waals surface area contributed by atoms with Gasteiger partial charge in [0.2, 0.25) is 0 Å². The summed E-state index contributed by atoms with van der Waals surface area (Å²) in [6, 6.07) is 0. The zero-order valence-electron chi connectivity index (χ0n) is 16.2. The molecule has 0 amide bonds. The molecule has 0 aromatic carbocycles. The van der Waals surface area contributed by atoms with E-state index in [1.807, 2.05) is 0 Å². The highest BCUT2D eigenvalue weighted by Crippen LogP contribution is 2.14. The van der Waals surface area contributed by atoms with E-state index >= 15 is 0 Å². The lowest BCUT2D eigenvalue weighted by molar-refractivity contribution is -0.137. The molecule has 2 N–H and O–H groups in total. The molecule has 0 rings (SSSR count). The average molecular weight is 353 g/mol. The number of aliphatic hydroxyl groups excluding tert-OH is 1. The molecule has 146 valence electrons. The van der Waals surface area contributed by atoms with Crippen LogP contribution in [0.1, 0.15) is 103 Å². The third-order valence-corrected chi connectivity index (χ3v) is 4.52. The van der Waals surface area contributed by atoms with Gasteiger partial charge in [0.05, 0.1) is 0 Å². The Balaban J connectivity index is 3.28. The Morgan fingerprint density at radius 2 is 1.24 bits per heavy atom. The fourth-order valence-electron chi connectivity index (χ4n) is 2.91. The fraction of sp³-hybridized carbons (Fsp3) is 0.773. The van der Waals surface area contributed by atoms with E-state index in [0.717, 1.165) is 51.4 Å². The number of allylic oxidation sites excluding steroid dienone is 3. The van der Waals surface area contributed by atoms with Crippen molar-refractivity contribution in [3.8, 4) is 0 Å². The number of aliphatic hydroxyl groups is 1. The number of carboxylic acid groups (broad SMARTS) is 1. The minimum Gasteiger partial charge on any atom is -0.481 e. The Bertz CT molecular complexity index is 347. The van der Waals surface area contributed by atoms with Crippen LogP contribution in [0.3, 0.4) is 0 Å². The molecule has 0 aliphatic rings. The minimum absolute atomic E-state index is 0.311. The van der Waals surface area contributed by atoms with E-state index < -0.39 is 5.97 Å². The van der Waals surface area contributed by atoms with Gasteiger partial charge in [0.15, 0.2) is 0 Å². The van der Waals surface area contributed by atoms with Gasteiger partial charge in [-0.05, 0) is 44.9 Å². The van der Waals surface area contributed by atoms with Gasteiger partial charge in [-0.1, -0.05) is 75.7 Å². The van der Waals surface area contributed by atoms with E-state index in [-0.39, 0.29) is 0 Å². The average Bonchev–Trinajstić information content (AvgIpc) is 2.58. The van der Waals surface area contributed by atoms with Gasteiger partial charge in [0, 0.05) is 13.0 Å². The molecule has 0 heterocycles. The normalized spacial score (nSPS) is 11.2. The lowest BCUT2D eigenvalue weighted by Crippen LogP contribution is -1.93. The van der Waals surface area contributed by atoms with Crippen LogP contribution in [-0.2, 0) is 4.79 Å². The predicted octanol–water partition coefficient (Wildman–Crippen LogP) is 6.42. The van der Waals surface area contributed by atoms with Gasteiger partial charge in [-0.2, -0.15) is 0 Å². The number of hydrogen-bond acceptors (Lipinski definition) is 2. The second-order valence-electron chi connectivity index (χ2n) is 7.07. The molecule has 0 radical (unpaired) electrons. The van der Waals surface area contributed by atoms with Crippen LogP contribution < -0.4 is 0 Å². The van der Waals surface area contributed by atoms with Crippen molar-refractivity contribution in [2.24, 2.45) is 0 Å². The third kappa shape index (κ3) is 20.9. The molecule has 3 nitrogen and oxygen atoms in total. The molecule has 0 atom stereocenters. The van der Waals surface area contributed by atoms with Crippen LogP contribution in [0.2, 0.25) is 0 Å². The topological polar surface area (TPSA) is 57.5 Å².